The molecule has 1 unspecified atom stereocenters. The van der Waals surface area contributed by atoms with Crippen molar-refractivity contribution in [2.24, 2.45) is 22.9 Å². The van der Waals surface area contributed by atoms with Gasteiger partial charge in [-0.3, -0.25) is 4.79 Å². The maximum absolute atomic E-state index is 12.6. The number of Topliss-reactive ketones (excluding diaryl/α,β-unsaturated/α-hetero) is 1. The third-order valence-corrected chi connectivity index (χ3v) is 4.79. The summed E-state index contributed by atoms with van der Waals surface area (Å²) < 4.78 is 0. The van der Waals surface area contributed by atoms with E-state index in [1.807, 2.05) is 30.3 Å². The van der Waals surface area contributed by atoms with E-state index < -0.39 is 0 Å². The first-order valence-corrected chi connectivity index (χ1v) is 7.47. The van der Waals surface area contributed by atoms with E-state index in [-0.39, 0.29) is 23.7 Å². The number of carbonyl (C=O) groups is 1. The van der Waals surface area contributed by atoms with Crippen LogP contribution in [0, 0.1) is 17.8 Å². The summed E-state index contributed by atoms with van der Waals surface area (Å²) in [6.07, 6.45) is 3.52. The Bertz CT molecular complexity index is 604. The molecule has 2 fully saturated rings. The third-order valence-electron chi connectivity index (χ3n) is 4.79. The predicted molar refractivity (Wildman–Crippen MR) is 81.4 cm³/mol. The summed E-state index contributed by atoms with van der Waals surface area (Å²) in [4.78, 5) is 15.6. The molecule has 3 rings (SSSR count). The molecule has 4 nitrogen and oxygen atoms in total. The first-order chi connectivity index (χ1) is 10.2. The van der Waals surface area contributed by atoms with Crippen molar-refractivity contribution in [2.45, 2.75) is 31.7 Å². The Morgan fingerprint density at radius 2 is 2.00 bits per heavy atom. The van der Waals surface area contributed by atoms with E-state index in [4.69, 9.17) is 5.53 Å². The zero-order valence-electron chi connectivity index (χ0n) is 12.0. The van der Waals surface area contributed by atoms with Crippen molar-refractivity contribution in [3.05, 3.63) is 58.5 Å². The molecule has 2 aliphatic carbocycles. The molecule has 0 spiro atoms. The summed E-state index contributed by atoms with van der Waals surface area (Å²) in [5.41, 5.74) is 11.1. The summed E-state index contributed by atoms with van der Waals surface area (Å²) in [6.45, 7) is 4.12. The number of nitrogens with zero attached hydrogens (tertiary/aromatic N) is 3. The van der Waals surface area contributed by atoms with Gasteiger partial charge in [0.05, 0.1) is 6.04 Å². The van der Waals surface area contributed by atoms with Crippen LogP contribution in [0.3, 0.4) is 0 Å². The highest BCUT2D eigenvalue weighted by Crippen LogP contribution is 2.48. The van der Waals surface area contributed by atoms with Crippen molar-refractivity contribution in [2.75, 3.05) is 0 Å². The Kier molecular flexibility index (Phi) is 3.80. The molecule has 0 N–H and O–H groups in total. The molecule has 0 radical (unpaired) electrons. The molecule has 4 atom stereocenters. The van der Waals surface area contributed by atoms with Crippen LogP contribution in [0.15, 0.2) is 47.6 Å². The number of carbonyl (C=O) groups excluding carboxylic acids is 1. The van der Waals surface area contributed by atoms with Gasteiger partial charge in [0.1, 0.15) is 5.78 Å². The molecule has 21 heavy (non-hydrogen) atoms. The number of hydrogen-bond donors (Lipinski definition) is 0. The van der Waals surface area contributed by atoms with Crippen LogP contribution in [-0.2, 0) is 4.79 Å². The molecule has 2 saturated carbocycles. The van der Waals surface area contributed by atoms with Gasteiger partial charge >= 0.3 is 0 Å². The van der Waals surface area contributed by atoms with E-state index in [0.717, 1.165) is 24.8 Å². The van der Waals surface area contributed by atoms with Gasteiger partial charge in [-0.15, -0.1) is 0 Å². The third kappa shape index (κ3) is 2.72. The van der Waals surface area contributed by atoms with E-state index in [9.17, 15) is 4.79 Å². The van der Waals surface area contributed by atoms with Crippen molar-refractivity contribution in [3.63, 3.8) is 0 Å². The Labute approximate surface area is 124 Å². The van der Waals surface area contributed by atoms with Gasteiger partial charge in [0, 0.05) is 17.3 Å². The zero-order valence-corrected chi connectivity index (χ0v) is 12.0. The second-order valence-electron chi connectivity index (χ2n) is 6.28. The highest BCUT2D eigenvalue weighted by Gasteiger charge is 2.43. The smallest absolute Gasteiger partial charge is 0.137 e. The molecule has 4 heteroatoms. The number of fused-ring (bicyclic) bond motifs is 2. The highest BCUT2D eigenvalue weighted by molar-refractivity contribution is 5.83. The molecule has 0 heterocycles. The summed E-state index contributed by atoms with van der Waals surface area (Å²) >= 11 is 0. The summed E-state index contributed by atoms with van der Waals surface area (Å²) in [6, 6.07) is 9.27. The maximum Gasteiger partial charge on any atom is 0.137 e. The van der Waals surface area contributed by atoms with Crippen LogP contribution in [0.5, 0.6) is 0 Å². The molecular weight excluding hydrogens is 262 g/mol. The fourth-order valence-corrected chi connectivity index (χ4v) is 4.06. The van der Waals surface area contributed by atoms with E-state index in [1.165, 1.54) is 5.57 Å². The largest absolute Gasteiger partial charge is 0.299 e. The molecule has 1 aromatic rings. The standard InChI is InChI=1S/C17H19N3O/c1-11-7-12-9-14(8-11)16(15(21)10-12)17(19-20-18)13-5-3-2-4-6-13/h2-6,12,14,16-17H,1,7-10H2/t12-,14+,16-,17?/m0/s1. The zero-order chi connectivity index (χ0) is 14.8. The number of azide groups is 1. The van der Waals surface area contributed by atoms with Crippen molar-refractivity contribution >= 4 is 5.78 Å². The maximum atomic E-state index is 12.6. The number of benzene rings is 1. The predicted octanol–water partition coefficient (Wildman–Crippen LogP) is 4.60. The fourth-order valence-electron chi connectivity index (χ4n) is 4.06. The molecule has 2 bridgehead atoms. The van der Waals surface area contributed by atoms with Gasteiger partial charge < -0.3 is 0 Å². The normalized spacial score (nSPS) is 29.6. The first-order valence-electron chi connectivity index (χ1n) is 7.47. The van der Waals surface area contributed by atoms with Gasteiger partial charge in [0.2, 0.25) is 0 Å². The van der Waals surface area contributed by atoms with E-state index in [1.54, 1.807) is 0 Å². The molecule has 108 valence electrons. The fraction of sp³-hybridized carbons (Fsp3) is 0.471. The van der Waals surface area contributed by atoms with Crippen molar-refractivity contribution in [3.8, 4) is 0 Å². The number of ketones is 1. The summed E-state index contributed by atoms with van der Waals surface area (Å²) in [7, 11) is 0. The molecule has 2 aliphatic rings. The van der Waals surface area contributed by atoms with Gasteiger partial charge in [-0.25, -0.2) is 0 Å². The van der Waals surface area contributed by atoms with Crippen LogP contribution >= 0.6 is 0 Å². The van der Waals surface area contributed by atoms with Gasteiger partial charge in [-0.1, -0.05) is 47.6 Å². The monoisotopic (exact) mass is 281 g/mol. The minimum absolute atomic E-state index is 0.198. The van der Waals surface area contributed by atoms with Crippen molar-refractivity contribution < 1.29 is 4.79 Å². The van der Waals surface area contributed by atoms with Crippen LogP contribution in [-0.4, -0.2) is 5.78 Å². The molecule has 0 aliphatic heterocycles. The topological polar surface area (TPSA) is 65.8 Å². The highest BCUT2D eigenvalue weighted by atomic mass is 16.1. The van der Waals surface area contributed by atoms with Crippen LogP contribution in [0.25, 0.3) is 10.4 Å². The lowest BCUT2D eigenvalue weighted by Crippen LogP contribution is -2.39. The van der Waals surface area contributed by atoms with Gasteiger partial charge in [-0.2, -0.15) is 0 Å². The van der Waals surface area contributed by atoms with Gasteiger partial charge in [0.15, 0.2) is 0 Å². The molecule has 1 aromatic carbocycles. The van der Waals surface area contributed by atoms with Crippen molar-refractivity contribution in [1.82, 2.24) is 0 Å². The Balaban J connectivity index is 1.96. The lowest BCUT2D eigenvalue weighted by Gasteiger charge is -2.42. The van der Waals surface area contributed by atoms with E-state index in [0.29, 0.717) is 12.3 Å². The number of hydrogen-bond acceptors (Lipinski definition) is 2. The second-order valence-corrected chi connectivity index (χ2v) is 6.28. The SMILES string of the molecule is C=C1C[C@@H]2CC(=O)[C@@H](C(N=[N+]=[N-])c3ccccc3)[C@H](C1)C2. The van der Waals surface area contributed by atoms with Gasteiger partial charge in [0.25, 0.3) is 0 Å². The minimum atomic E-state index is -0.388. The molecular formula is C17H19N3O. The average molecular weight is 281 g/mol. The summed E-state index contributed by atoms with van der Waals surface area (Å²) in [5, 5.41) is 3.97. The van der Waals surface area contributed by atoms with Crippen LogP contribution < -0.4 is 0 Å². The molecule has 0 saturated heterocycles. The first kappa shape index (κ1) is 13.9. The Morgan fingerprint density at radius 3 is 2.71 bits per heavy atom. The quantitative estimate of drug-likeness (QED) is 0.345. The molecule has 0 aromatic heterocycles. The lowest BCUT2D eigenvalue weighted by molar-refractivity contribution is -0.130. The van der Waals surface area contributed by atoms with Crippen LogP contribution in [0.1, 0.15) is 37.3 Å². The van der Waals surface area contributed by atoms with Crippen LogP contribution in [0.2, 0.25) is 0 Å². The second kappa shape index (κ2) is 5.74. The minimum Gasteiger partial charge on any atom is -0.299 e. The average Bonchev–Trinajstić information content (AvgIpc) is 2.46. The Morgan fingerprint density at radius 1 is 1.24 bits per heavy atom. The molecule has 0 amide bonds. The van der Waals surface area contributed by atoms with E-state index in [2.05, 4.69) is 16.6 Å². The van der Waals surface area contributed by atoms with Gasteiger partial charge in [-0.05, 0) is 42.2 Å². The Hall–Kier alpha value is -2.06. The number of allylic oxidation sites excluding steroid dienone is 1. The van der Waals surface area contributed by atoms with E-state index >= 15 is 0 Å². The lowest BCUT2D eigenvalue weighted by atomic mass is 9.62. The van der Waals surface area contributed by atoms with Crippen molar-refractivity contribution in [1.29, 1.82) is 0 Å². The number of rotatable bonds is 3. The summed E-state index contributed by atoms with van der Waals surface area (Å²) in [5.74, 6) is 0.775. The van der Waals surface area contributed by atoms with Crippen LogP contribution in [0.4, 0.5) is 0 Å².